The zero-order valence-electron chi connectivity index (χ0n) is 13.7. The Kier molecular flexibility index (Phi) is 10.9. The highest BCUT2D eigenvalue weighted by Gasteiger charge is 2.14. The molecule has 0 aromatic carbocycles. The number of carbonyl (C=O) groups is 2. The van der Waals surface area contributed by atoms with Crippen LogP contribution in [0.1, 0.15) is 65.2 Å². The van der Waals surface area contributed by atoms with Crippen LogP contribution in [-0.4, -0.2) is 53.3 Å². The molecule has 124 valence electrons. The predicted octanol–water partition coefficient (Wildman–Crippen LogP) is 1.99. The average Bonchev–Trinajstić information content (AvgIpc) is 2.79. The van der Waals surface area contributed by atoms with Crippen molar-refractivity contribution < 1.29 is 15.1 Å². The summed E-state index contributed by atoms with van der Waals surface area (Å²) in [6.07, 6.45) is 8.57. The van der Waals surface area contributed by atoms with Gasteiger partial charge in [0.25, 0.3) is 0 Å². The molecule has 5 nitrogen and oxygen atoms in total. The molecule has 0 atom stereocenters. The minimum absolute atomic E-state index is 0. The van der Waals surface area contributed by atoms with Gasteiger partial charge in [-0.15, -0.1) is 0 Å². The van der Waals surface area contributed by atoms with Crippen LogP contribution in [0.5, 0.6) is 0 Å². The normalized spacial score (nSPS) is 19.9. The molecule has 2 aliphatic heterocycles. The van der Waals surface area contributed by atoms with Gasteiger partial charge in [0.15, 0.2) is 0 Å². The summed E-state index contributed by atoms with van der Waals surface area (Å²) in [5, 5.41) is 0. The van der Waals surface area contributed by atoms with Gasteiger partial charge in [-0.1, -0.05) is 12.8 Å². The molecule has 0 aromatic heterocycles. The Morgan fingerprint density at radius 3 is 1.43 bits per heavy atom. The van der Waals surface area contributed by atoms with Crippen molar-refractivity contribution in [3.63, 3.8) is 0 Å². The van der Waals surface area contributed by atoms with Crippen LogP contribution in [0, 0.1) is 0 Å². The van der Waals surface area contributed by atoms with Gasteiger partial charge >= 0.3 is 0 Å². The second kappa shape index (κ2) is 11.5. The third kappa shape index (κ3) is 7.46. The predicted molar refractivity (Wildman–Crippen MR) is 85.1 cm³/mol. The van der Waals surface area contributed by atoms with Crippen molar-refractivity contribution in [1.82, 2.24) is 9.80 Å². The molecule has 2 N–H and O–H groups in total. The fourth-order valence-corrected chi connectivity index (χ4v) is 2.75. The van der Waals surface area contributed by atoms with E-state index < -0.39 is 0 Å². The quantitative estimate of drug-likeness (QED) is 0.782. The number of carbonyl (C=O) groups excluding carboxylic acids is 2. The third-order valence-corrected chi connectivity index (χ3v) is 4.11. The summed E-state index contributed by atoms with van der Waals surface area (Å²) in [6.45, 7) is 7.83. The van der Waals surface area contributed by atoms with Crippen molar-refractivity contribution in [2.45, 2.75) is 65.2 Å². The van der Waals surface area contributed by atoms with Crippen molar-refractivity contribution in [3.8, 4) is 0 Å². The largest absolute Gasteiger partial charge is 0.412 e. The lowest BCUT2D eigenvalue weighted by atomic mass is 10.2. The van der Waals surface area contributed by atoms with Crippen LogP contribution in [0.3, 0.4) is 0 Å². The molecule has 0 saturated carbocycles. The zero-order valence-corrected chi connectivity index (χ0v) is 13.7. The van der Waals surface area contributed by atoms with Gasteiger partial charge in [0.05, 0.1) is 0 Å². The Hall–Kier alpha value is -1.10. The van der Waals surface area contributed by atoms with Gasteiger partial charge in [0.2, 0.25) is 11.8 Å². The minimum Gasteiger partial charge on any atom is -0.412 e. The fourth-order valence-electron chi connectivity index (χ4n) is 2.75. The minimum atomic E-state index is 0. The van der Waals surface area contributed by atoms with Gasteiger partial charge < -0.3 is 15.3 Å². The average molecular weight is 300 g/mol. The van der Waals surface area contributed by atoms with Crippen LogP contribution >= 0.6 is 0 Å². The Morgan fingerprint density at radius 1 is 0.714 bits per heavy atom. The van der Waals surface area contributed by atoms with Crippen molar-refractivity contribution in [3.05, 3.63) is 0 Å². The van der Waals surface area contributed by atoms with Crippen molar-refractivity contribution in [1.29, 1.82) is 0 Å². The lowest BCUT2D eigenvalue weighted by Gasteiger charge is -2.17. The van der Waals surface area contributed by atoms with E-state index in [1.165, 1.54) is 25.7 Å². The van der Waals surface area contributed by atoms with E-state index in [2.05, 4.69) is 0 Å². The van der Waals surface area contributed by atoms with E-state index in [9.17, 15) is 9.59 Å². The molecule has 2 aliphatic rings. The Bertz CT molecular complexity index is 278. The van der Waals surface area contributed by atoms with Gasteiger partial charge in [0, 0.05) is 39.0 Å². The van der Waals surface area contributed by atoms with Gasteiger partial charge in [-0.2, -0.15) is 0 Å². The molecule has 0 aromatic rings. The Balaban J connectivity index is 0.000000364. The Labute approximate surface area is 129 Å². The molecule has 2 rings (SSSR count). The third-order valence-electron chi connectivity index (χ3n) is 4.11. The lowest BCUT2D eigenvalue weighted by Crippen LogP contribution is -2.29. The first-order valence-electron chi connectivity index (χ1n) is 8.24. The van der Waals surface area contributed by atoms with Gasteiger partial charge in [-0.3, -0.25) is 9.59 Å². The molecule has 2 fully saturated rings. The van der Waals surface area contributed by atoms with Crippen LogP contribution in [0.4, 0.5) is 0 Å². The van der Waals surface area contributed by atoms with E-state index in [-0.39, 0.29) is 5.48 Å². The van der Waals surface area contributed by atoms with E-state index in [0.717, 1.165) is 51.9 Å². The molecule has 0 aliphatic carbocycles. The van der Waals surface area contributed by atoms with E-state index in [1.807, 2.05) is 23.6 Å². The standard InChI is InChI=1S/2C8H15NO.H2O/c2*1-2-9-7-5-3-4-6-8(9)10;/h2*2-7H2,1H3;1H2. The Morgan fingerprint density at radius 2 is 1.10 bits per heavy atom. The van der Waals surface area contributed by atoms with E-state index in [1.54, 1.807) is 0 Å². The smallest absolute Gasteiger partial charge is 0.222 e. The van der Waals surface area contributed by atoms with E-state index in [0.29, 0.717) is 11.8 Å². The summed E-state index contributed by atoms with van der Waals surface area (Å²) < 4.78 is 0. The highest BCUT2D eigenvalue weighted by molar-refractivity contribution is 5.76. The van der Waals surface area contributed by atoms with E-state index >= 15 is 0 Å². The number of hydrogen-bond donors (Lipinski definition) is 0. The fraction of sp³-hybridized carbons (Fsp3) is 0.875. The van der Waals surface area contributed by atoms with Gasteiger partial charge in [-0.05, 0) is 39.5 Å². The second-order valence-corrected chi connectivity index (χ2v) is 5.57. The number of hydrogen-bond acceptors (Lipinski definition) is 2. The molecule has 0 spiro atoms. The SMILES string of the molecule is CCN1CCCCCC1=O.CCN1CCCCCC1=O.O. The first kappa shape index (κ1) is 19.9. The molecule has 0 bridgehead atoms. The van der Waals surface area contributed by atoms with Crippen molar-refractivity contribution >= 4 is 11.8 Å². The summed E-state index contributed by atoms with van der Waals surface area (Å²) in [7, 11) is 0. The van der Waals surface area contributed by atoms with Crippen LogP contribution < -0.4 is 0 Å². The molecular formula is C16H32N2O3. The topological polar surface area (TPSA) is 72.1 Å². The van der Waals surface area contributed by atoms with Crippen LogP contribution in [0.25, 0.3) is 0 Å². The highest BCUT2D eigenvalue weighted by atomic mass is 16.2. The molecule has 5 heteroatoms. The molecule has 0 radical (unpaired) electrons. The number of amides is 2. The van der Waals surface area contributed by atoms with Gasteiger partial charge in [-0.25, -0.2) is 0 Å². The summed E-state index contributed by atoms with van der Waals surface area (Å²) >= 11 is 0. The highest BCUT2D eigenvalue weighted by Crippen LogP contribution is 2.10. The summed E-state index contributed by atoms with van der Waals surface area (Å²) in [4.78, 5) is 26.2. The summed E-state index contributed by atoms with van der Waals surface area (Å²) in [5.41, 5.74) is 0. The van der Waals surface area contributed by atoms with Crippen LogP contribution in [0.2, 0.25) is 0 Å². The molecule has 21 heavy (non-hydrogen) atoms. The molecule has 2 heterocycles. The first-order chi connectivity index (χ1) is 9.69. The van der Waals surface area contributed by atoms with E-state index in [4.69, 9.17) is 0 Å². The monoisotopic (exact) mass is 300 g/mol. The maximum atomic E-state index is 11.2. The molecule has 0 unspecified atom stereocenters. The summed E-state index contributed by atoms with van der Waals surface area (Å²) in [6, 6.07) is 0. The van der Waals surface area contributed by atoms with Crippen molar-refractivity contribution in [2.75, 3.05) is 26.2 Å². The first-order valence-corrected chi connectivity index (χ1v) is 8.24. The maximum absolute atomic E-state index is 11.2. The van der Waals surface area contributed by atoms with Crippen LogP contribution in [0.15, 0.2) is 0 Å². The molecule has 2 amide bonds. The summed E-state index contributed by atoms with van der Waals surface area (Å²) in [5.74, 6) is 0.694. The number of likely N-dealkylation sites (tertiary alicyclic amines) is 2. The van der Waals surface area contributed by atoms with Crippen molar-refractivity contribution in [2.24, 2.45) is 0 Å². The lowest BCUT2D eigenvalue weighted by molar-refractivity contribution is -0.131. The zero-order chi connectivity index (χ0) is 14.8. The number of rotatable bonds is 2. The maximum Gasteiger partial charge on any atom is 0.222 e. The second-order valence-electron chi connectivity index (χ2n) is 5.57. The molecule has 2 saturated heterocycles. The molecular weight excluding hydrogens is 268 g/mol. The van der Waals surface area contributed by atoms with Gasteiger partial charge in [0.1, 0.15) is 0 Å². The number of nitrogens with zero attached hydrogens (tertiary/aromatic N) is 2. The van der Waals surface area contributed by atoms with Crippen LogP contribution in [-0.2, 0) is 9.59 Å².